The summed E-state index contributed by atoms with van der Waals surface area (Å²) in [6, 6.07) is 0. The maximum atomic E-state index is 9.61. The molecule has 0 aliphatic heterocycles. The first kappa shape index (κ1) is 8.27. The van der Waals surface area contributed by atoms with Gasteiger partial charge < -0.3 is 5.11 Å². The number of hydrogen-bond acceptors (Lipinski definition) is 1. The fourth-order valence-electron chi connectivity index (χ4n) is 1.71. The lowest BCUT2D eigenvalue weighted by Crippen LogP contribution is -2.10. The van der Waals surface area contributed by atoms with Crippen molar-refractivity contribution in [3.8, 4) is 0 Å². The first-order valence-corrected chi connectivity index (χ1v) is 4.42. The third kappa shape index (κ3) is 1.31. The van der Waals surface area contributed by atoms with Crippen LogP contribution in [0.25, 0.3) is 0 Å². The van der Waals surface area contributed by atoms with Crippen LogP contribution in [0.2, 0.25) is 0 Å². The maximum Gasteiger partial charge on any atom is 0.0980 e. The normalized spacial score (nSPS) is 24.7. The minimum absolute atomic E-state index is 0.432. The van der Waals surface area contributed by atoms with E-state index in [1.165, 1.54) is 5.57 Å². The maximum absolute atomic E-state index is 9.61. The number of allylic oxidation sites excluding steroid dienone is 6. The summed E-state index contributed by atoms with van der Waals surface area (Å²) in [4.78, 5) is 0. The number of rotatable bonds is 2. The van der Waals surface area contributed by atoms with E-state index >= 15 is 0 Å². The van der Waals surface area contributed by atoms with Crippen molar-refractivity contribution in [2.75, 3.05) is 0 Å². The molecule has 0 heterocycles. The molecular formula is C12H12O. The van der Waals surface area contributed by atoms with E-state index in [1.807, 2.05) is 24.3 Å². The second-order valence-electron chi connectivity index (χ2n) is 3.22. The fraction of sp³-hybridized carbons (Fsp3) is 0.167. The Morgan fingerprint density at radius 2 is 2.23 bits per heavy atom. The molecule has 1 N–H and O–H groups in total. The third-order valence-electron chi connectivity index (χ3n) is 2.36. The molecular weight excluding hydrogens is 160 g/mol. The Bertz CT molecular complexity index is 353. The molecule has 0 saturated carbocycles. The van der Waals surface area contributed by atoms with Crippen molar-refractivity contribution in [2.24, 2.45) is 0 Å². The average Bonchev–Trinajstić information content (AvgIpc) is 2.51. The molecule has 0 amide bonds. The van der Waals surface area contributed by atoms with Gasteiger partial charge in [0.25, 0.3) is 0 Å². The summed E-state index contributed by atoms with van der Waals surface area (Å²) in [5.41, 5.74) is 3.42. The molecule has 0 aromatic carbocycles. The van der Waals surface area contributed by atoms with Gasteiger partial charge in [-0.15, -0.1) is 6.58 Å². The quantitative estimate of drug-likeness (QED) is 0.633. The molecule has 0 saturated heterocycles. The van der Waals surface area contributed by atoms with Gasteiger partial charge in [0.2, 0.25) is 0 Å². The highest BCUT2D eigenvalue weighted by Crippen LogP contribution is 2.33. The molecule has 0 fully saturated rings. The van der Waals surface area contributed by atoms with Gasteiger partial charge in [-0.2, -0.15) is 0 Å². The van der Waals surface area contributed by atoms with Crippen LogP contribution in [0.1, 0.15) is 6.42 Å². The molecule has 13 heavy (non-hydrogen) atoms. The SMILES string of the molecule is C=CCC1=CC=C2C1=CC=CC2O. The van der Waals surface area contributed by atoms with Crippen molar-refractivity contribution in [3.05, 3.63) is 59.8 Å². The van der Waals surface area contributed by atoms with Crippen molar-refractivity contribution >= 4 is 0 Å². The zero-order chi connectivity index (χ0) is 9.26. The smallest absolute Gasteiger partial charge is 0.0980 e. The predicted molar refractivity (Wildman–Crippen MR) is 54.2 cm³/mol. The van der Waals surface area contributed by atoms with E-state index < -0.39 is 6.10 Å². The van der Waals surface area contributed by atoms with E-state index in [1.54, 1.807) is 6.08 Å². The minimum atomic E-state index is -0.432. The Kier molecular flexibility index (Phi) is 2.03. The molecule has 0 aromatic rings. The van der Waals surface area contributed by atoms with Crippen LogP contribution < -0.4 is 0 Å². The summed E-state index contributed by atoms with van der Waals surface area (Å²) in [5.74, 6) is 0. The second-order valence-corrected chi connectivity index (χ2v) is 3.22. The van der Waals surface area contributed by atoms with Crippen LogP contribution in [-0.4, -0.2) is 11.2 Å². The number of aliphatic hydroxyl groups excluding tert-OH is 1. The zero-order valence-electron chi connectivity index (χ0n) is 7.40. The van der Waals surface area contributed by atoms with Crippen molar-refractivity contribution in [1.82, 2.24) is 0 Å². The molecule has 1 unspecified atom stereocenters. The van der Waals surface area contributed by atoms with Crippen LogP contribution in [0.15, 0.2) is 59.8 Å². The largest absolute Gasteiger partial charge is 0.384 e. The van der Waals surface area contributed by atoms with Gasteiger partial charge >= 0.3 is 0 Å². The Hall–Kier alpha value is -1.34. The highest BCUT2D eigenvalue weighted by atomic mass is 16.3. The van der Waals surface area contributed by atoms with Crippen molar-refractivity contribution in [1.29, 1.82) is 0 Å². The summed E-state index contributed by atoms with van der Waals surface area (Å²) in [7, 11) is 0. The van der Waals surface area contributed by atoms with Crippen LogP contribution >= 0.6 is 0 Å². The van der Waals surface area contributed by atoms with E-state index in [0.29, 0.717) is 0 Å². The van der Waals surface area contributed by atoms with Crippen LogP contribution in [0.5, 0.6) is 0 Å². The van der Waals surface area contributed by atoms with E-state index in [9.17, 15) is 5.11 Å². The molecule has 0 spiro atoms. The second kappa shape index (κ2) is 3.19. The molecule has 2 aliphatic rings. The third-order valence-corrected chi connectivity index (χ3v) is 2.36. The number of fused-ring (bicyclic) bond motifs is 1. The highest BCUT2D eigenvalue weighted by Gasteiger charge is 2.20. The van der Waals surface area contributed by atoms with Crippen LogP contribution in [0.3, 0.4) is 0 Å². The molecule has 0 radical (unpaired) electrons. The van der Waals surface area contributed by atoms with E-state index in [2.05, 4.69) is 12.7 Å². The summed E-state index contributed by atoms with van der Waals surface area (Å²) >= 11 is 0. The molecule has 2 rings (SSSR count). The summed E-state index contributed by atoms with van der Waals surface area (Å²) in [6.07, 6.45) is 12.1. The van der Waals surface area contributed by atoms with Crippen molar-refractivity contribution < 1.29 is 5.11 Å². The average molecular weight is 172 g/mol. The van der Waals surface area contributed by atoms with Gasteiger partial charge in [-0.25, -0.2) is 0 Å². The van der Waals surface area contributed by atoms with Crippen molar-refractivity contribution in [3.63, 3.8) is 0 Å². The lowest BCUT2D eigenvalue weighted by molar-refractivity contribution is 0.261. The van der Waals surface area contributed by atoms with Gasteiger partial charge in [0, 0.05) is 0 Å². The molecule has 2 aliphatic carbocycles. The molecule has 1 nitrogen and oxygen atoms in total. The zero-order valence-corrected chi connectivity index (χ0v) is 7.40. The summed E-state index contributed by atoms with van der Waals surface area (Å²) in [5, 5.41) is 9.61. The van der Waals surface area contributed by atoms with Crippen LogP contribution in [0, 0.1) is 0 Å². The Morgan fingerprint density at radius 3 is 3.00 bits per heavy atom. The Balaban J connectivity index is 2.30. The monoisotopic (exact) mass is 172 g/mol. The van der Waals surface area contributed by atoms with Crippen LogP contribution in [-0.2, 0) is 0 Å². The first-order valence-electron chi connectivity index (χ1n) is 4.42. The Morgan fingerprint density at radius 1 is 1.38 bits per heavy atom. The van der Waals surface area contributed by atoms with E-state index in [0.717, 1.165) is 17.6 Å². The summed E-state index contributed by atoms with van der Waals surface area (Å²) in [6.45, 7) is 3.71. The molecule has 1 heteroatoms. The van der Waals surface area contributed by atoms with Crippen molar-refractivity contribution in [2.45, 2.75) is 12.5 Å². The molecule has 1 atom stereocenters. The molecule has 0 bridgehead atoms. The highest BCUT2D eigenvalue weighted by molar-refractivity contribution is 5.60. The number of hydrogen-bond donors (Lipinski definition) is 1. The molecule has 0 aromatic heterocycles. The summed E-state index contributed by atoms with van der Waals surface area (Å²) < 4.78 is 0. The van der Waals surface area contributed by atoms with Crippen LogP contribution in [0.4, 0.5) is 0 Å². The Labute approximate surface area is 78.1 Å². The van der Waals surface area contributed by atoms with E-state index in [-0.39, 0.29) is 0 Å². The lowest BCUT2D eigenvalue weighted by atomic mass is 9.93. The first-order chi connectivity index (χ1) is 6.33. The van der Waals surface area contributed by atoms with Gasteiger partial charge in [0.05, 0.1) is 6.10 Å². The van der Waals surface area contributed by atoms with E-state index in [4.69, 9.17) is 0 Å². The predicted octanol–water partition coefficient (Wildman–Crippen LogP) is 2.29. The van der Waals surface area contributed by atoms with Gasteiger partial charge in [0.15, 0.2) is 0 Å². The lowest BCUT2D eigenvalue weighted by Gasteiger charge is -2.15. The van der Waals surface area contributed by atoms with Gasteiger partial charge in [0.1, 0.15) is 0 Å². The standard InChI is InChI=1S/C12H12O/c1-2-4-9-7-8-11-10(9)5-3-6-12(11)13/h2-3,5-8,12-13H,1,4H2. The molecule has 66 valence electrons. The number of aliphatic hydroxyl groups is 1. The topological polar surface area (TPSA) is 20.2 Å². The van der Waals surface area contributed by atoms with Gasteiger partial charge in [-0.1, -0.05) is 36.5 Å². The minimum Gasteiger partial charge on any atom is -0.384 e. The fourth-order valence-corrected chi connectivity index (χ4v) is 1.71. The van der Waals surface area contributed by atoms with Gasteiger partial charge in [-0.05, 0) is 23.1 Å². The van der Waals surface area contributed by atoms with Gasteiger partial charge in [-0.3, -0.25) is 0 Å².